The summed E-state index contributed by atoms with van der Waals surface area (Å²) in [7, 11) is -3.96. The second kappa shape index (κ2) is 5.28. The van der Waals surface area contributed by atoms with E-state index in [1.165, 1.54) is 0 Å². The molecule has 5 nitrogen and oxygen atoms in total. The van der Waals surface area contributed by atoms with E-state index in [1.807, 2.05) is 0 Å². The molecule has 1 saturated heterocycles. The van der Waals surface area contributed by atoms with Crippen LogP contribution in [0.2, 0.25) is 0 Å². The third-order valence-corrected chi connectivity index (χ3v) is 5.63. The molecule has 1 aromatic rings. The first kappa shape index (κ1) is 14.8. The summed E-state index contributed by atoms with van der Waals surface area (Å²) < 4.78 is 58.4. The molecule has 0 aromatic heterocycles. The van der Waals surface area contributed by atoms with Gasteiger partial charge in [0.15, 0.2) is 11.6 Å². The molecule has 2 aliphatic rings. The van der Waals surface area contributed by atoms with E-state index in [0.29, 0.717) is 12.7 Å². The first-order valence-electron chi connectivity index (χ1n) is 6.75. The number of hydrogen-bond donors (Lipinski definition) is 2. The zero-order valence-electron chi connectivity index (χ0n) is 11.1. The molecule has 3 N–H and O–H groups in total. The topological polar surface area (TPSA) is 81.4 Å². The number of nitrogens with one attached hydrogen (secondary N) is 1. The molecule has 4 atom stereocenters. The minimum absolute atomic E-state index is 0.149. The second-order valence-corrected chi connectivity index (χ2v) is 7.16. The van der Waals surface area contributed by atoms with Crippen molar-refractivity contribution in [3.8, 4) is 0 Å². The zero-order chi connectivity index (χ0) is 15.2. The van der Waals surface area contributed by atoms with Crippen LogP contribution in [-0.4, -0.2) is 33.2 Å². The Labute approximate surface area is 121 Å². The van der Waals surface area contributed by atoms with Gasteiger partial charge in [-0.15, -0.1) is 0 Å². The summed E-state index contributed by atoms with van der Waals surface area (Å²) >= 11 is 0. The molecular formula is C13H16F2N2O3S. The number of benzene rings is 1. The Morgan fingerprint density at radius 3 is 2.76 bits per heavy atom. The first-order chi connectivity index (χ1) is 9.90. The van der Waals surface area contributed by atoms with Crippen molar-refractivity contribution >= 4 is 10.0 Å². The Hall–Kier alpha value is -1.09. The SMILES string of the molecule is NC1C2CCCOC2C1NS(=O)(=O)c1ccc(F)c(F)c1. The molecule has 0 bridgehead atoms. The third-order valence-electron chi connectivity index (χ3n) is 4.17. The highest BCUT2D eigenvalue weighted by atomic mass is 32.2. The summed E-state index contributed by atoms with van der Waals surface area (Å²) in [5.74, 6) is -2.15. The number of ether oxygens (including phenoxy) is 1. The van der Waals surface area contributed by atoms with Crippen molar-refractivity contribution in [2.24, 2.45) is 11.7 Å². The fourth-order valence-corrected chi connectivity index (χ4v) is 4.28. The standard InChI is InChI=1S/C13H16F2N2O3S/c14-9-4-3-7(6-10(9)15)21(18,19)17-12-11(16)8-2-1-5-20-13(8)12/h3-4,6,8,11-13,17H,1-2,5,16H2. The molecule has 0 amide bonds. The number of nitrogens with two attached hydrogens (primary N) is 1. The number of rotatable bonds is 3. The Morgan fingerprint density at radius 1 is 1.29 bits per heavy atom. The van der Waals surface area contributed by atoms with Crippen molar-refractivity contribution in [3.63, 3.8) is 0 Å². The van der Waals surface area contributed by atoms with Gasteiger partial charge in [0.1, 0.15) is 0 Å². The largest absolute Gasteiger partial charge is 0.376 e. The molecule has 1 aliphatic carbocycles. The molecular weight excluding hydrogens is 302 g/mol. The van der Waals surface area contributed by atoms with E-state index in [2.05, 4.69) is 4.72 Å². The van der Waals surface area contributed by atoms with Crippen LogP contribution in [0.3, 0.4) is 0 Å². The summed E-state index contributed by atoms with van der Waals surface area (Å²) in [5.41, 5.74) is 5.98. The molecule has 116 valence electrons. The monoisotopic (exact) mass is 318 g/mol. The third kappa shape index (κ3) is 2.57. The second-order valence-electron chi connectivity index (χ2n) is 5.44. The molecule has 8 heteroatoms. The maximum atomic E-state index is 13.2. The maximum absolute atomic E-state index is 13.2. The van der Waals surface area contributed by atoms with Crippen LogP contribution < -0.4 is 10.5 Å². The van der Waals surface area contributed by atoms with Gasteiger partial charge >= 0.3 is 0 Å². The van der Waals surface area contributed by atoms with Gasteiger partial charge in [-0.2, -0.15) is 0 Å². The smallest absolute Gasteiger partial charge is 0.241 e. The molecule has 1 aromatic carbocycles. The fraction of sp³-hybridized carbons (Fsp3) is 0.538. The van der Waals surface area contributed by atoms with Gasteiger partial charge in [-0.3, -0.25) is 0 Å². The lowest BCUT2D eigenvalue weighted by molar-refractivity contribution is -0.114. The molecule has 1 saturated carbocycles. The molecule has 2 fully saturated rings. The minimum Gasteiger partial charge on any atom is -0.376 e. The summed E-state index contributed by atoms with van der Waals surface area (Å²) in [4.78, 5) is -0.326. The predicted molar refractivity (Wildman–Crippen MR) is 70.9 cm³/mol. The number of hydrogen-bond acceptors (Lipinski definition) is 4. The van der Waals surface area contributed by atoms with Gasteiger partial charge in [-0.1, -0.05) is 0 Å². The van der Waals surface area contributed by atoms with Gasteiger partial charge < -0.3 is 10.5 Å². The first-order valence-corrected chi connectivity index (χ1v) is 8.23. The van der Waals surface area contributed by atoms with E-state index in [4.69, 9.17) is 10.5 Å². The van der Waals surface area contributed by atoms with E-state index in [0.717, 1.165) is 25.0 Å². The Kier molecular flexibility index (Phi) is 3.73. The van der Waals surface area contributed by atoms with Crippen LogP contribution in [0.1, 0.15) is 12.8 Å². The van der Waals surface area contributed by atoms with Crippen molar-refractivity contribution in [2.75, 3.05) is 6.61 Å². The highest BCUT2D eigenvalue weighted by molar-refractivity contribution is 7.89. The van der Waals surface area contributed by atoms with Gasteiger partial charge in [0.05, 0.1) is 17.0 Å². The quantitative estimate of drug-likeness (QED) is 0.862. The van der Waals surface area contributed by atoms with Crippen molar-refractivity contribution < 1.29 is 21.9 Å². The number of sulfonamides is 1. The average Bonchev–Trinajstić information content (AvgIpc) is 2.47. The Balaban J connectivity index is 1.78. The average molecular weight is 318 g/mol. The summed E-state index contributed by atoms with van der Waals surface area (Å²) in [6, 6.07) is 1.60. The molecule has 0 spiro atoms. The molecule has 1 heterocycles. The van der Waals surface area contributed by atoms with Gasteiger partial charge in [-0.05, 0) is 31.0 Å². The van der Waals surface area contributed by atoms with Crippen LogP contribution in [0.15, 0.2) is 23.1 Å². The van der Waals surface area contributed by atoms with E-state index in [1.54, 1.807) is 0 Å². The van der Waals surface area contributed by atoms with Gasteiger partial charge in [-0.25, -0.2) is 21.9 Å². The van der Waals surface area contributed by atoms with Crippen molar-refractivity contribution in [3.05, 3.63) is 29.8 Å². The maximum Gasteiger partial charge on any atom is 0.241 e. The van der Waals surface area contributed by atoms with Gasteiger partial charge in [0, 0.05) is 18.6 Å². The van der Waals surface area contributed by atoms with E-state index < -0.39 is 27.7 Å². The van der Waals surface area contributed by atoms with Crippen LogP contribution in [0.5, 0.6) is 0 Å². The fourth-order valence-electron chi connectivity index (χ4n) is 2.98. The van der Waals surface area contributed by atoms with Crippen LogP contribution in [0.25, 0.3) is 0 Å². The van der Waals surface area contributed by atoms with Gasteiger partial charge in [0.25, 0.3) is 0 Å². The van der Waals surface area contributed by atoms with E-state index >= 15 is 0 Å². The van der Waals surface area contributed by atoms with Crippen LogP contribution in [-0.2, 0) is 14.8 Å². The highest BCUT2D eigenvalue weighted by Gasteiger charge is 2.51. The normalized spacial score (nSPS) is 32.3. The Morgan fingerprint density at radius 2 is 2.05 bits per heavy atom. The van der Waals surface area contributed by atoms with E-state index in [9.17, 15) is 17.2 Å². The van der Waals surface area contributed by atoms with Gasteiger partial charge in [0.2, 0.25) is 10.0 Å². The van der Waals surface area contributed by atoms with Crippen molar-refractivity contribution in [2.45, 2.75) is 35.9 Å². The predicted octanol–water partition coefficient (Wildman–Crippen LogP) is 0.748. The highest BCUT2D eigenvalue weighted by Crippen LogP contribution is 2.37. The summed E-state index contributed by atoms with van der Waals surface area (Å²) in [6.07, 6.45) is 1.58. The molecule has 3 rings (SSSR count). The lowest BCUT2D eigenvalue weighted by Gasteiger charge is -2.52. The Bertz CT molecular complexity index is 653. The van der Waals surface area contributed by atoms with E-state index in [-0.39, 0.29) is 23.0 Å². The molecule has 1 aliphatic heterocycles. The van der Waals surface area contributed by atoms with Crippen LogP contribution >= 0.6 is 0 Å². The molecule has 21 heavy (non-hydrogen) atoms. The minimum atomic E-state index is -3.96. The van der Waals surface area contributed by atoms with Crippen molar-refractivity contribution in [1.82, 2.24) is 4.72 Å². The summed E-state index contributed by atoms with van der Waals surface area (Å²) in [6.45, 7) is 0.581. The van der Waals surface area contributed by atoms with Crippen LogP contribution in [0.4, 0.5) is 8.78 Å². The molecule has 4 unspecified atom stereocenters. The number of halogens is 2. The number of fused-ring (bicyclic) bond motifs is 1. The van der Waals surface area contributed by atoms with Crippen LogP contribution in [0, 0.1) is 17.6 Å². The zero-order valence-corrected chi connectivity index (χ0v) is 11.9. The lowest BCUT2D eigenvalue weighted by atomic mass is 9.69. The van der Waals surface area contributed by atoms with Crippen molar-refractivity contribution in [1.29, 1.82) is 0 Å². The summed E-state index contributed by atoms with van der Waals surface area (Å²) in [5, 5.41) is 0. The lowest BCUT2D eigenvalue weighted by Crippen LogP contribution is -2.71. The molecule has 0 radical (unpaired) electrons.